The highest BCUT2D eigenvalue weighted by atomic mass is 16.6. The molecule has 0 radical (unpaired) electrons. The third-order valence-corrected chi connectivity index (χ3v) is 3.54. The maximum atomic E-state index is 12.1. The van der Waals surface area contributed by atoms with Crippen LogP contribution in [0.3, 0.4) is 0 Å². The molecule has 28 heavy (non-hydrogen) atoms. The van der Waals surface area contributed by atoms with Crippen LogP contribution in [0.1, 0.15) is 19.4 Å². The molecule has 0 aliphatic heterocycles. The van der Waals surface area contributed by atoms with Crippen LogP contribution >= 0.6 is 0 Å². The second kappa shape index (κ2) is 9.40. The van der Waals surface area contributed by atoms with E-state index in [1.54, 1.807) is 18.2 Å². The second-order valence-corrected chi connectivity index (χ2v) is 5.92. The minimum absolute atomic E-state index is 0.00874. The minimum atomic E-state index is -0.755. The fraction of sp³-hybridized carbons (Fsp3) is 0.250. The van der Waals surface area contributed by atoms with Gasteiger partial charge in [-0.15, -0.1) is 0 Å². The van der Waals surface area contributed by atoms with Gasteiger partial charge < -0.3 is 18.9 Å². The lowest BCUT2D eigenvalue weighted by Gasteiger charge is -2.13. The predicted octanol–water partition coefficient (Wildman–Crippen LogP) is 4.02. The van der Waals surface area contributed by atoms with Gasteiger partial charge in [0.05, 0.1) is 31.3 Å². The molecule has 0 aromatic heterocycles. The normalized spacial score (nSPS) is 10.8. The third-order valence-electron chi connectivity index (χ3n) is 3.54. The first-order valence-corrected chi connectivity index (χ1v) is 8.41. The number of nitro benzene ring substituents is 1. The number of benzene rings is 2. The average Bonchev–Trinajstić information content (AvgIpc) is 2.66. The van der Waals surface area contributed by atoms with Gasteiger partial charge in [-0.25, -0.2) is 4.79 Å². The monoisotopic (exact) mass is 387 g/mol. The molecule has 0 unspecified atom stereocenters. The van der Waals surface area contributed by atoms with E-state index in [2.05, 4.69) is 0 Å². The van der Waals surface area contributed by atoms with E-state index < -0.39 is 10.9 Å². The summed E-state index contributed by atoms with van der Waals surface area (Å²) in [6.45, 7) is 3.81. The Bertz CT molecular complexity index is 890. The van der Waals surface area contributed by atoms with E-state index in [0.717, 1.165) is 0 Å². The van der Waals surface area contributed by atoms with Gasteiger partial charge in [0.1, 0.15) is 5.75 Å². The van der Waals surface area contributed by atoms with E-state index in [1.807, 2.05) is 13.8 Å². The number of ether oxygens (including phenoxy) is 4. The van der Waals surface area contributed by atoms with Crippen LogP contribution < -0.4 is 18.9 Å². The molecule has 0 saturated carbocycles. The van der Waals surface area contributed by atoms with Gasteiger partial charge in [-0.05, 0) is 49.8 Å². The number of hydrogen-bond donors (Lipinski definition) is 0. The molecule has 8 nitrogen and oxygen atoms in total. The summed E-state index contributed by atoms with van der Waals surface area (Å²) in [6, 6.07) is 9.15. The van der Waals surface area contributed by atoms with Crippen LogP contribution in [0.25, 0.3) is 6.08 Å². The number of esters is 1. The lowest BCUT2D eigenvalue weighted by atomic mass is 10.2. The van der Waals surface area contributed by atoms with Crippen LogP contribution in [-0.4, -0.2) is 31.2 Å². The van der Waals surface area contributed by atoms with Gasteiger partial charge in [0, 0.05) is 6.08 Å². The molecule has 8 heteroatoms. The van der Waals surface area contributed by atoms with E-state index in [0.29, 0.717) is 17.1 Å². The molecule has 0 saturated heterocycles. The summed E-state index contributed by atoms with van der Waals surface area (Å²) in [5.74, 6) is 0.479. The van der Waals surface area contributed by atoms with Gasteiger partial charge in [-0.2, -0.15) is 0 Å². The van der Waals surface area contributed by atoms with Crippen LogP contribution in [0.4, 0.5) is 5.69 Å². The van der Waals surface area contributed by atoms with E-state index >= 15 is 0 Å². The van der Waals surface area contributed by atoms with Gasteiger partial charge >= 0.3 is 11.7 Å². The summed E-state index contributed by atoms with van der Waals surface area (Å²) in [7, 11) is 2.91. The van der Waals surface area contributed by atoms with Crippen molar-refractivity contribution < 1.29 is 28.7 Å². The Labute approximate surface area is 162 Å². The van der Waals surface area contributed by atoms with Crippen molar-refractivity contribution in [3.8, 4) is 23.0 Å². The van der Waals surface area contributed by atoms with Crippen molar-refractivity contribution >= 4 is 17.7 Å². The number of carbonyl (C=O) groups is 1. The van der Waals surface area contributed by atoms with Crippen molar-refractivity contribution in [3.05, 3.63) is 58.2 Å². The lowest BCUT2D eigenvalue weighted by molar-refractivity contribution is -0.385. The highest BCUT2D eigenvalue weighted by Crippen LogP contribution is 2.32. The first-order valence-electron chi connectivity index (χ1n) is 8.41. The number of rotatable bonds is 8. The van der Waals surface area contributed by atoms with E-state index in [1.165, 1.54) is 44.6 Å². The van der Waals surface area contributed by atoms with Gasteiger partial charge in [0.2, 0.25) is 5.75 Å². The number of methoxy groups -OCH3 is 2. The molecule has 0 heterocycles. The zero-order chi connectivity index (χ0) is 20.7. The van der Waals surface area contributed by atoms with Crippen LogP contribution in [-0.2, 0) is 4.79 Å². The topological polar surface area (TPSA) is 97.1 Å². The zero-order valence-electron chi connectivity index (χ0n) is 16.0. The summed E-state index contributed by atoms with van der Waals surface area (Å²) < 4.78 is 21.0. The molecule has 0 atom stereocenters. The zero-order valence-corrected chi connectivity index (χ0v) is 16.0. The Morgan fingerprint density at radius 2 is 1.75 bits per heavy atom. The number of hydrogen-bond acceptors (Lipinski definition) is 7. The van der Waals surface area contributed by atoms with Crippen molar-refractivity contribution in [3.63, 3.8) is 0 Å². The maximum Gasteiger partial charge on any atom is 0.336 e. The van der Waals surface area contributed by atoms with Crippen molar-refractivity contribution in [2.45, 2.75) is 20.0 Å². The number of nitrogens with zero attached hydrogens (tertiary/aromatic N) is 1. The van der Waals surface area contributed by atoms with E-state index in [-0.39, 0.29) is 23.3 Å². The van der Waals surface area contributed by atoms with Crippen molar-refractivity contribution in [2.24, 2.45) is 0 Å². The standard InChI is InChI=1S/C20H21NO7/c1-13(2)27-18-8-5-14(11-19(18)26-4)6-10-20(22)28-17-9-7-15(25-3)12-16(17)21(23)24/h5-13H,1-4H3/b10-6+. The van der Waals surface area contributed by atoms with Crippen LogP contribution in [0, 0.1) is 10.1 Å². The van der Waals surface area contributed by atoms with Crippen LogP contribution in [0.2, 0.25) is 0 Å². The molecule has 2 rings (SSSR count). The molecule has 0 spiro atoms. The molecule has 0 aliphatic carbocycles. The Balaban J connectivity index is 2.15. The Morgan fingerprint density at radius 3 is 2.36 bits per heavy atom. The summed E-state index contributed by atoms with van der Waals surface area (Å²) >= 11 is 0. The molecule has 2 aromatic rings. The quantitative estimate of drug-likeness (QED) is 0.222. The number of carbonyl (C=O) groups excluding carboxylic acids is 1. The Hall–Kier alpha value is -3.55. The molecule has 0 bridgehead atoms. The summed E-state index contributed by atoms with van der Waals surface area (Å²) in [6.07, 6.45) is 2.68. The molecule has 0 N–H and O–H groups in total. The number of nitro groups is 1. The highest BCUT2D eigenvalue weighted by Gasteiger charge is 2.18. The first-order chi connectivity index (χ1) is 13.3. The predicted molar refractivity (Wildman–Crippen MR) is 103 cm³/mol. The lowest BCUT2D eigenvalue weighted by Crippen LogP contribution is -2.07. The minimum Gasteiger partial charge on any atom is -0.496 e. The Kier molecular flexibility index (Phi) is 6.97. The van der Waals surface area contributed by atoms with Crippen LogP contribution in [0.5, 0.6) is 23.0 Å². The largest absolute Gasteiger partial charge is 0.496 e. The first kappa shape index (κ1) is 20.8. The molecule has 0 fully saturated rings. The van der Waals surface area contributed by atoms with Crippen LogP contribution in [0.15, 0.2) is 42.5 Å². The molecular weight excluding hydrogens is 366 g/mol. The van der Waals surface area contributed by atoms with E-state index in [9.17, 15) is 14.9 Å². The molecule has 0 amide bonds. The maximum absolute atomic E-state index is 12.1. The molecule has 148 valence electrons. The van der Waals surface area contributed by atoms with Crippen molar-refractivity contribution in [2.75, 3.05) is 14.2 Å². The van der Waals surface area contributed by atoms with Crippen molar-refractivity contribution in [1.29, 1.82) is 0 Å². The Morgan fingerprint density at radius 1 is 1.04 bits per heavy atom. The molecule has 2 aromatic carbocycles. The van der Waals surface area contributed by atoms with Crippen molar-refractivity contribution in [1.82, 2.24) is 0 Å². The smallest absolute Gasteiger partial charge is 0.336 e. The fourth-order valence-electron chi connectivity index (χ4n) is 2.30. The summed E-state index contributed by atoms with van der Waals surface area (Å²) in [5.41, 5.74) is 0.312. The van der Waals surface area contributed by atoms with Gasteiger partial charge in [0.15, 0.2) is 11.5 Å². The SMILES string of the molecule is COc1ccc(OC(=O)/C=C/c2ccc(OC(C)C)c(OC)c2)c([N+](=O)[O-])c1. The molecule has 0 aliphatic rings. The summed E-state index contributed by atoms with van der Waals surface area (Å²) in [5, 5.41) is 11.1. The van der Waals surface area contributed by atoms with E-state index in [4.69, 9.17) is 18.9 Å². The third kappa shape index (κ3) is 5.47. The fourth-order valence-corrected chi connectivity index (χ4v) is 2.30. The summed E-state index contributed by atoms with van der Waals surface area (Å²) in [4.78, 5) is 22.6. The molecular formula is C20H21NO7. The van der Waals surface area contributed by atoms with Gasteiger partial charge in [0.25, 0.3) is 0 Å². The van der Waals surface area contributed by atoms with Gasteiger partial charge in [-0.3, -0.25) is 10.1 Å². The van der Waals surface area contributed by atoms with Gasteiger partial charge in [-0.1, -0.05) is 6.07 Å². The second-order valence-electron chi connectivity index (χ2n) is 5.92. The average molecular weight is 387 g/mol. The highest BCUT2D eigenvalue weighted by molar-refractivity contribution is 5.89.